The van der Waals surface area contributed by atoms with Crippen LogP contribution in [0.2, 0.25) is 0 Å². The first-order chi connectivity index (χ1) is 13.4. The summed E-state index contributed by atoms with van der Waals surface area (Å²) in [6.07, 6.45) is 5.17. The van der Waals surface area contributed by atoms with Crippen LogP contribution in [-0.4, -0.2) is 21.5 Å². The maximum absolute atomic E-state index is 13.1. The van der Waals surface area contributed by atoms with E-state index in [0.717, 1.165) is 18.4 Å². The van der Waals surface area contributed by atoms with Gasteiger partial charge in [-0.3, -0.25) is 0 Å². The van der Waals surface area contributed by atoms with Gasteiger partial charge in [-0.05, 0) is 73.4 Å². The quantitative estimate of drug-likeness (QED) is 0.740. The minimum atomic E-state index is -3.79. The van der Waals surface area contributed by atoms with Gasteiger partial charge in [0.1, 0.15) is 0 Å². The number of methoxy groups -OCH3 is 1. The first-order valence-corrected chi connectivity index (χ1v) is 11.2. The summed E-state index contributed by atoms with van der Waals surface area (Å²) in [7, 11) is -2.52. The van der Waals surface area contributed by atoms with Gasteiger partial charge in [0.15, 0.2) is 0 Å². The highest BCUT2D eigenvalue weighted by Gasteiger charge is 2.24. The van der Waals surface area contributed by atoms with Crippen molar-refractivity contribution >= 4 is 16.0 Å². The molecule has 0 saturated heterocycles. The Morgan fingerprint density at radius 3 is 2.50 bits per heavy atom. The van der Waals surface area contributed by atoms with Crippen molar-refractivity contribution < 1.29 is 17.9 Å². The topological polar surface area (TPSA) is 72.5 Å². The highest BCUT2D eigenvalue weighted by molar-refractivity contribution is 7.89. The average molecular weight is 402 g/mol. The van der Waals surface area contributed by atoms with Crippen molar-refractivity contribution in [3.8, 4) is 0 Å². The van der Waals surface area contributed by atoms with E-state index in [1.54, 1.807) is 19.1 Å². The number of nitrogens with one attached hydrogen (secondary N) is 1. The summed E-state index contributed by atoms with van der Waals surface area (Å²) in [5.41, 5.74) is 4.48. The summed E-state index contributed by atoms with van der Waals surface area (Å²) in [5.74, 6) is -0.557. The monoisotopic (exact) mass is 401 g/mol. The zero-order valence-electron chi connectivity index (χ0n) is 16.6. The molecule has 0 aliphatic heterocycles. The molecule has 1 atom stereocenters. The van der Waals surface area contributed by atoms with Crippen LogP contribution in [0.1, 0.15) is 64.8 Å². The van der Waals surface area contributed by atoms with E-state index in [1.807, 2.05) is 13.0 Å². The smallest absolute Gasteiger partial charge is 0.337 e. The molecule has 3 rings (SSSR count). The lowest BCUT2D eigenvalue weighted by atomic mass is 9.89. The standard InChI is InChI=1S/C22H27NO4S/c1-4-20(18-12-11-16-7-5-6-8-17(16)13-18)23-28(25,26)21-14-19(22(24)27-3)10-9-15(21)2/h9-14,20,23H,4-8H2,1-3H3/t20-/m1/s1. The summed E-state index contributed by atoms with van der Waals surface area (Å²) in [5, 5.41) is 0. The average Bonchev–Trinajstić information content (AvgIpc) is 2.71. The SMILES string of the molecule is CC[C@@H](NS(=O)(=O)c1cc(C(=O)OC)ccc1C)c1ccc2c(c1)CCCC2. The second-order valence-corrected chi connectivity index (χ2v) is 8.97. The van der Waals surface area contributed by atoms with E-state index in [9.17, 15) is 13.2 Å². The normalized spacial score (nSPS) is 15.0. The minimum absolute atomic E-state index is 0.104. The molecule has 1 aliphatic rings. The van der Waals surface area contributed by atoms with E-state index >= 15 is 0 Å². The number of rotatable bonds is 6. The van der Waals surface area contributed by atoms with Crippen molar-refractivity contribution in [2.45, 2.75) is 56.9 Å². The molecule has 150 valence electrons. The molecule has 2 aromatic carbocycles. The number of ether oxygens (including phenoxy) is 1. The lowest BCUT2D eigenvalue weighted by molar-refractivity contribution is 0.0600. The molecule has 0 fully saturated rings. The van der Waals surface area contributed by atoms with Crippen LogP contribution in [-0.2, 0) is 27.6 Å². The summed E-state index contributed by atoms with van der Waals surface area (Å²) in [4.78, 5) is 11.9. The van der Waals surface area contributed by atoms with Gasteiger partial charge < -0.3 is 4.74 Å². The van der Waals surface area contributed by atoms with Crippen LogP contribution in [0.5, 0.6) is 0 Å². The molecule has 0 radical (unpaired) electrons. The predicted molar refractivity (Wildman–Crippen MR) is 109 cm³/mol. The molecule has 0 spiro atoms. The van der Waals surface area contributed by atoms with E-state index in [4.69, 9.17) is 4.74 Å². The van der Waals surface area contributed by atoms with E-state index in [1.165, 1.54) is 37.1 Å². The first kappa shape index (κ1) is 20.6. The van der Waals surface area contributed by atoms with Crippen molar-refractivity contribution in [3.63, 3.8) is 0 Å². The Balaban J connectivity index is 1.91. The number of aryl methyl sites for hydroxylation is 3. The van der Waals surface area contributed by atoms with Crippen molar-refractivity contribution in [3.05, 3.63) is 64.2 Å². The van der Waals surface area contributed by atoms with Gasteiger partial charge in [0.25, 0.3) is 0 Å². The zero-order chi connectivity index (χ0) is 20.3. The number of fused-ring (bicyclic) bond motifs is 1. The van der Waals surface area contributed by atoms with Gasteiger partial charge in [0, 0.05) is 6.04 Å². The molecular formula is C22H27NO4S. The van der Waals surface area contributed by atoms with Crippen LogP contribution >= 0.6 is 0 Å². The number of carbonyl (C=O) groups excluding carboxylic acids is 1. The Morgan fingerprint density at radius 2 is 1.82 bits per heavy atom. The molecule has 0 bridgehead atoms. The molecule has 0 amide bonds. The number of hydrogen-bond donors (Lipinski definition) is 1. The van der Waals surface area contributed by atoms with Crippen LogP contribution in [0.15, 0.2) is 41.3 Å². The van der Waals surface area contributed by atoms with Gasteiger partial charge in [-0.15, -0.1) is 0 Å². The number of carbonyl (C=O) groups is 1. The molecule has 0 heterocycles. The lowest BCUT2D eigenvalue weighted by Crippen LogP contribution is -2.29. The maximum atomic E-state index is 13.1. The van der Waals surface area contributed by atoms with Crippen molar-refractivity contribution in [2.24, 2.45) is 0 Å². The molecule has 1 N–H and O–H groups in total. The van der Waals surface area contributed by atoms with Gasteiger partial charge in [0.05, 0.1) is 17.6 Å². The van der Waals surface area contributed by atoms with E-state index < -0.39 is 16.0 Å². The molecule has 0 aromatic heterocycles. The van der Waals surface area contributed by atoms with Crippen LogP contribution in [0, 0.1) is 6.92 Å². The summed E-state index contributed by atoms with van der Waals surface area (Å²) in [6, 6.07) is 10.6. The van der Waals surface area contributed by atoms with Crippen LogP contribution < -0.4 is 4.72 Å². The van der Waals surface area contributed by atoms with E-state index in [-0.39, 0.29) is 16.5 Å². The Morgan fingerprint density at radius 1 is 1.11 bits per heavy atom. The number of esters is 1. The highest BCUT2D eigenvalue weighted by atomic mass is 32.2. The van der Waals surface area contributed by atoms with Crippen LogP contribution in [0.25, 0.3) is 0 Å². The summed E-state index contributed by atoms with van der Waals surface area (Å²) < 4.78 is 33.7. The third kappa shape index (κ3) is 4.28. The molecule has 0 saturated carbocycles. The van der Waals surface area contributed by atoms with Gasteiger partial charge in [-0.2, -0.15) is 0 Å². The van der Waals surface area contributed by atoms with E-state index in [0.29, 0.717) is 12.0 Å². The van der Waals surface area contributed by atoms with E-state index in [2.05, 4.69) is 16.9 Å². The Labute approximate surface area is 167 Å². The second-order valence-electron chi connectivity index (χ2n) is 7.29. The molecule has 0 unspecified atom stereocenters. The van der Waals surface area contributed by atoms with Gasteiger partial charge in [-0.25, -0.2) is 17.9 Å². The zero-order valence-corrected chi connectivity index (χ0v) is 17.4. The molecule has 28 heavy (non-hydrogen) atoms. The largest absolute Gasteiger partial charge is 0.465 e. The maximum Gasteiger partial charge on any atom is 0.337 e. The first-order valence-electron chi connectivity index (χ1n) is 9.68. The van der Waals surface area contributed by atoms with Crippen molar-refractivity contribution in [1.82, 2.24) is 4.72 Å². The minimum Gasteiger partial charge on any atom is -0.465 e. The van der Waals surface area contributed by atoms with Crippen molar-refractivity contribution in [1.29, 1.82) is 0 Å². The number of hydrogen-bond acceptors (Lipinski definition) is 4. The molecule has 6 heteroatoms. The fraction of sp³-hybridized carbons (Fsp3) is 0.409. The number of benzene rings is 2. The lowest BCUT2D eigenvalue weighted by Gasteiger charge is -2.22. The third-order valence-electron chi connectivity index (χ3n) is 5.38. The Kier molecular flexibility index (Phi) is 6.20. The second kappa shape index (κ2) is 8.45. The van der Waals surface area contributed by atoms with Gasteiger partial charge >= 0.3 is 5.97 Å². The van der Waals surface area contributed by atoms with Crippen LogP contribution in [0.3, 0.4) is 0 Å². The third-order valence-corrected chi connectivity index (χ3v) is 6.99. The summed E-state index contributed by atoms with van der Waals surface area (Å²) in [6.45, 7) is 3.68. The van der Waals surface area contributed by atoms with Crippen molar-refractivity contribution in [2.75, 3.05) is 7.11 Å². The highest BCUT2D eigenvalue weighted by Crippen LogP contribution is 2.28. The fourth-order valence-corrected chi connectivity index (χ4v) is 5.32. The molecule has 5 nitrogen and oxygen atoms in total. The molecule has 1 aliphatic carbocycles. The van der Waals surface area contributed by atoms with Gasteiger partial charge in [0.2, 0.25) is 10.0 Å². The molecule has 2 aromatic rings. The molecular weight excluding hydrogens is 374 g/mol. The van der Waals surface area contributed by atoms with Gasteiger partial charge in [-0.1, -0.05) is 31.2 Å². The Hall–Kier alpha value is -2.18. The predicted octanol–water partition coefficient (Wildman–Crippen LogP) is 4.09. The Bertz CT molecular complexity index is 982. The fourth-order valence-electron chi connectivity index (χ4n) is 3.74. The number of sulfonamides is 1. The van der Waals surface area contributed by atoms with Crippen LogP contribution in [0.4, 0.5) is 0 Å². The summed E-state index contributed by atoms with van der Waals surface area (Å²) >= 11 is 0.